The Kier molecular flexibility index (Phi) is 5.54. The van der Waals surface area contributed by atoms with Crippen LogP contribution < -0.4 is 15.8 Å². The molecule has 3 aromatic rings. The van der Waals surface area contributed by atoms with Gasteiger partial charge >= 0.3 is 6.09 Å². The topological polar surface area (TPSA) is 78.5 Å². The van der Waals surface area contributed by atoms with E-state index in [0.29, 0.717) is 12.3 Å². The van der Waals surface area contributed by atoms with E-state index in [0.717, 1.165) is 46.6 Å². The fourth-order valence-corrected chi connectivity index (χ4v) is 3.26. The van der Waals surface area contributed by atoms with Crippen molar-refractivity contribution in [2.45, 2.75) is 26.8 Å². The Bertz CT molecular complexity index is 945. The Morgan fingerprint density at radius 2 is 1.89 bits per heavy atom. The summed E-state index contributed by atoms with van der Waals surface area (Å²) in [6.45, 7) is 5.58. The first-order valence-corrected chi connectivity index (χ1v) is 9.09. The van der Waals surface area contributed by atoms with Crippen LogP contribution in [0.5, 0.6) is 5.75 Å². The molecule has 6 nitrogen and oxygen atoms in total. The molecular formula is C21H25N3O3. The van der Waals surface area contributed by atoms with Gasteiger partial charge in [-0.05, 0) is 37.6 Å². The Hall–Kier alpha value is -3.15. The van der Waals surface area contributed by atoms with Crippen LogP contribution in [-0.2, 0) is 11.3 Å². The molecule has 0 atom stereocenters. The SMILES string of the molecule is CCCn1c(-c2ccc(NC(=O)OC)cc2)c(N)c2ccc(OCC)cc21. The predicted octanol–water partition coefficient (Wildman–Crippen LogP) is 4.88. The number of nitrogens with one attached hydrogen (secondary N) is 1. The van der Waals surface area contributed by atoms with Crippen LogP contribution in [0.3, 0.4) is 0 Å². The van der Waals surface area contributed by atoms with Crippen LogP contribution in [0.2, 0.25) is 0 Å². The summed E-state index contributed by atoms with van der Waals surface area (Å²) in [5.41, 5.74) is 11.0. The zero-order valence-electron chi connectivity index (χ0n) is 15.9. The van der Waals surface area contributed by atoms with E-state index in [4.69, 9.17) is 10.5 Å². The number of fused-ring (bicyclic) bond motifs is 1. The van der Waals surface area contributed by atoms with Gasteiger partial charge in [-0.1, -0.05) is 19.1 Å². The molecule has 0 saturated heterocycles. The lowest BCUT2D eigenvalue weighted by Gasteiger charge is -2.12. The summed E-state index contributed by atoms with van der Waals surface area (Å²) < 4.78 is 12.5. The Labute approximate surface area is 158 Å². The molecule has 0 saturated carbocycles. The fourth-order valence-electron chi connectivity index (χ4n) is 3.26. The van der Waals surface area contributed by atoms with Crippen molar-refractivity contribution in [1.82, 2.24) is 4.57 Å². The summed E-state index contributed by atoms with van der Waals surface area (Å²) in [6, 6.07) is 13.6. The maximum absolute atomic E-state index is 11.4. The maximum atomic E-state index is 11.4. The minimum Gasteiger partial charge on any atom is -0.494 e. The van der Waals surface area contributed by atoms with Gasteiger partial charge in [-0.2, -0.15) is 0 Å². The van der Waals surface area contributed by atoms with Crippen LogP contribution in [0.1, 0.15) is 20.3 Å². The molecule has 0 spiro atoms. The number of aromatic nitrogens is 1. The monoisotopic (exact) mass is 367 g/mol. The molecule has 0 fully saturated rings. The van der Waals surface area contributed by atoms with E-state index in [9.17, 15) is 4.79 Å². The van der Waals surface area contributed by atoms with Gasteiger partial charge in [-0.15, -0.1) is 0 Å². The van der Waals surface area contributed by atoms with Crippen LogP contribution in [0.15, 0.2) is 42.5 Å². The number of anilines is 2. The highest BCUT2D eigenvalue weighted by molar-refractivity contribution is 6.01. The first-order chi connectivity index (χ1) is 13.1. The normalized spacial score (nSPS) is 10.8. The minimum atomic E-state index is -0.495. The third-order valence-corrected chi connectivity index (χ3v) is 4.42. The van der Waals surface area contributed by atoms with Crippen molar-refractivity contribution in [3.8, 4) is 17.0 Å². The standard InChI is InChI=1S/C21H25N3O3/c1-4-12-24-18-13-16(27-5-2)10-11-17(18)19(22)20(24)14-6-8-15(9-7-14)23-21(25)26-3/h6-11,13H,4-5,12,22H2,1-3H3,(H,23,25). The van der Waals surface area contributed by atoms with Crippen molar-refractivity contribution in [3.05, 3.63) is 42.5 Å². The van der Waals surface area contributed by atoms with E-state index < -0.39 is 6.09 Å². The zero-order chi connectivity index (χ0) is 19.4. The number of hydrogen-bond donors (Lipinski definition) is 2. The smallest absolute Gasteiger partial charge is 0.411 e. The molecule has 142 valence electrons. The summed E-state index contributed by atoms with van der Waals surface area (Å²) in [6.07, 6.45) is 0.489. The second-order valence-electron chi connectivity index (χ2n) is 6.22. The number of benzene rings is 2. The van der Waals surface area contributed by atoms with E-state index in [1.807, 2.05) is 49.4 Å². The molecule has 0 radical (unpaired) electrons. The molecule has 0 unspecified atom stereocenters. The highest BCUT2D eigenvalue weighted by Gasteiger charge is 2.17. The molecule has 1 amide bonds. The van der Waals surface area contributed by atoms with Gasteiger partial charge in [0.1, 0.15) is 5.75 Å². The number of aryl methyl sites for hydroxylation is 1. The van der Waals surface area contributed by atoms with Crippen molar-refractivity contribution in [2.75, 3.05) is 24.8 Å². The Morgan fingerprint density at radius 3 is 2.52 bits per heavy atom. The molecule has 1 aromatic heterocycles. The zero-order valence-corrected chi connectivity index (χ0v) is 15.9. The number of carbonyl (C=O) groups excluding carboxylic acids is 1. The summed E-state index contributed by atoms with van der Waals surface area (Å²) >= 11 is 0. The van der Waals surface area contributed by atoms with Gasteiger partial charge in [-0.25, -0.2) is 4.79 Å². The lowest BCUT2D eigenvalue weighted by Crippen LogP contribution is -2.10. The molecule has 6 heteroatoms. The van der Waals surface area contributed by atoms with Gasteiger partial charge in [0, 0.05) is 29.2 Å². The van der Waals surface area contributed by atoms with E-state index in [1.165, 1.54) is 7.11 Å². The van der Waals surface area contributed by atoms with Crippen molar-refractivity contribution in [2.24, 2.45) is 0 Å². The molecule has 0 aliphatic rings. The third-order valence-electron chi connectivity index (χ3n) is 4.42. The van der Waals surface area contributed by atoms with Gasteiger partial charge in [0.25, 0.3) is 0 Å². The van der Waals surface area contributed by atoms with Crippen molar-refractivity contribution in [3.63, 3.8) is 0 Å². The van der Waals surface area contributed by atoms with Gasteiger partial charge in [0.05, 0.1) is 30.6 Å². The number of amides is 1. The number of carbonyl (C=O) groups is 1. The highest BCUT2D eigenvalue weighted by Crippen LogP contribution is 2.38. The number of ether oxygens (including phenoxy) is 2. The summed E-state index contributed by atoms with van der Waals surface area (Å²) in [7, 11) is 1.34. The number of methoxy groups -OCH3 is 1. The molecular weight excluding hydrogens is 342 g/mol. The summed E-state index contributed by atoms with van der Waals surface area (Å²) in [4.78, 5) is 11.4. The van der Waals surface area contributed by atoms with Crippen LogP contribution in [0.25, 0.3) is 22.2 Å². The van der Waals surface area contributed by atoms with E-state index >= 15 is 0 Å². The number of nitrogen functional groups attached to an aromatic ring is 1. The first-order valence-electron chi connectivity index (χ1n) is 9.09. The average molecular weight is 367 g/mol. The van der Waals surface area contributed by atoms with Gasteiger partial charge in [0.2, 0.25) is 0 Å². The molecule has 1 heterocycles. The van der Waals surface area contributed by atoms with Crippen molar-refractivity contribution >= 4 is 28.4 Å². The van der Waals surface area contributed by atoms with Crippen LogP contribution in [-0.4, -0.2) is 24.4 Å². The predicted molar refractivity (Wildman–Crippen MR) is 109 cm³/mol. The molecule has 0 aliphatic heterocycles. The number of nitrogens with zero attached hydrogens (tertiary/aromatic N) is 1. The largest absolute Gasteiger partial charge is 0.494 e. The van der Waals surface area contributed by atoms with E-state index in [-0.39, 0.29) is 0 Å². The van der Waals surface area contributed by atoms with Gasteiger partial charge in [0.15, 0.2) is 0 Å². The van der Waals surface area contributed by atoms with Crippen molar-refractivity contribution < 1.29 is 14.3 Å². The van der Waals surface area contributed by atoms with Gasteiger partial charge in [-0.3, -0.25) is 5.32 Å². The number of nitrogens with two attached hydrogens (primary N) is 1. The van der Waals surface area contributed by atoms with E-state index in [2.05, 4.69) is 21.5 Å². The summed E-state index contributed by atoms with van der Waals surface area (Å²) in [5.74, 6) is 0.837. The first kappa shape index (κ1) is 18.6. The van der Waals surface area contributed by atoms with Crippen LogP contribution in [0.4, 0.5) is 16.2 Å². The molecule has 0 aliphatic carbocycles. The molecule has 3 rings (SSSR count). The average Bonchev–Trinajstić information content (AvgIpc) is 2.94. The Balaban J connectivity index is 2.08. The lowest BCUT2D eigenvalue weighted by molar-refractivity contribution is 0.187. The molecule has 0 bridgehead atoms. The van der Waals surface area contributed by atoms with Crippen LogP contribution in [0, 0.1) is 0 Å². The molecule has 27 heavy (non-hydrogen) atoms. The van der Waals surface area contributed by atoms with Gasteiger partial charge < -0.3 is 19.8 Å². The van der Waals surface area contributed by atoms with Crippen LogP contribution >= 0.6 is 0 Å². The molecule has 2 aromatic carbocycles. The maximum Gasteiger partial charge on any atom is 0.411 e. The molecule has 3 N–H and O–H groups in total. The number of rotatable bonds is 6. The highest BCUT2D eigenvalue weighted by atomic mass is 16.5. The Morgan fingerprint density at radius 1 is 1.15 bits per heavy atom. The second-order valence-corrected chi connectivity index (χ2v) is 6.22. The fraction of sp³-hybridized carbons (Fsp3) is 0.286. The third kappa shape index (κ3) is 3.69. The number of hydrogen-bond acceptors (Lipinski definition) is 4. The quantitative estimate of drug-likeness (QED) is 0.651. The summed E-state index contributed by atoms with van der Waals surface area (Å²) in [5, 5.41) is 3.67. The van der Waals surface area contributed by atoms with E-state index in [1.54, 1.807) is 0 Å². The second kappa shape index (κ2) is 8.03. The van der Waals surface area contributed by atoms with Crippen molar-refractivity contribution in [1.29, 1.82) is 0 Å². The minimum absolute atomic E-state index is 0.495. The lowest BCUT2D eigenvalue weighted by atomic mass is 10.1.